The van der Waals surface area contributed by atoms with Gasteiger partial charge in [-0.15, -0.1) is 0 Å². The van der Waals surface area contributed by atoms with Gasteiger partial charge in [-0.05, 0) is 42.6 Å². The van der Waals surface area contributed by atoms with Crippen LogP contribution in [0.2, 0.25) is 0 Å². The third-order valence-electron chi connectivity index (χ3n) is 4.17. The van der Waals surface area contributed by atoms with Gasteiger partial charge in [0.1, 0.15) is 0 Å². The number of nitrogens with zero attached hydrogens (tertiary/aromatic N) is 3. The molecular weight excluding hydrogens is 278 g/mol. The van der Waals surface area contributed by atoms with Crippen molar-refractivity contribution in [2.75, 3.05) is 13.1 Å². The van der Waals surface area contributed by atoms with Crippen LogP contribution < -0.4 is 0 Å². The average Bonchev–Trinajstić information content (AvgIpc) is 2.57. The van der Waals surface area contributed by atoms with Gasteiger partial charge in [0.15, 0.2) is 0 Å². The number of piperidine rings is 1. The first-order valence-electron chi connectivity index (χ1n) is 7.52. The van der Waals surface area contributed by atoms with Crippen molar-refractivity contribution in [2.45, 2.75) is 18.9 Å². The summed E-state index contributed by atoms with van der Waals surface area (Å²) in [5.41, 5.74) is 2.14. The van der Waals surface area contributed by atoms with Crippen LogP contribution in [0.1, 0.15) is 30.0 Å². The largest absolute Gasteiger partial charge is 0.481 e. The van der Waals surface area contributed by atoms with E-state index in [4.69, 9.17) is 0 Å². The van der Waals surface area contributed by atoms with E-state index in [-0.39, 0.29) is 12.0 Å². The summed E-state index contributed by atoms with van der Waals surface area (Å²) in [5.74, 6) is -1.01. The Balaban J connectivity index is 1.94. The molecule has 1 aliphatic heterocycles. The predicted molar refractivity (Wildman–Crippen MR) is 82.2 cm³/mol. The molecule has 2 aromatic rings. The van der Waals surface area contributed by atoms with E-state index in [0.717, 1.165) is 30.5 Å². The summed E-state index contributed by atoms with van der Waals surface area (Å²) < 4.78 is 0. The highest BCUT2D eigenvalue weighted by molar-refractivity contribution is 5.70. The van der Waals surface area contributed by atoms with E-state index in [9.17, 15) is 9.90 Å². The van der Waals surface area contributed by atoms with Crippen molar-refractivity contribution in [3.8, 4) is 0 Å². The van der Waals surface area contributed by atoms with Crippen LogP contribution in [-0.4, -0.2) is 39.0 Å². The Bertz CT molecular complexity index is 579. The second-order valence-electron chi connectivity index (χ2n) is 5.65. The van der Waals surface area contributed by atoms with Crippen molar-refractivity contribution in [3.05, 3.63) is 60.2 Å². The maximum atomic E-state index is 11.3. The first-order valence-corrected chi connectivity index (χ1v) is 7.52. The third-order valence-corrected chi connectivity index (χ3v) is 4.17. The van der Waals surface area contributed by atoms with Crippen LogP contribution in [0.5, 0.6) is 0 Å². The fraction of sp³-hybridized carbons (Fsp3) is 0.353. The van der Waals surface area contributed by atoms with Crippen LogP contribution in [0, 0.1) is 5.92 Å². The Morgan fingerprint density at radius 2 is 1.82 bits per heavy atom. The van der Waals surface area contributed by atoms with Crippen LogP contribution in [0.3, 0.4) is 0 Å². The molecule has 1 saturated heterocycles. The number of aliphatic carboxylic acids is 1. The molecule has 22 heavy (non-hydrogen) atoms. The summed E-state index contributed by atoms with van der Waals surface area (Å²) >= 11 is 0. The minimum absolute atomic E-state index is 0.00421. The minimum atomic E-state index is -0.708. The van der Waals surface area contributed by atoms with Gasteiger partial charge in [0.05, 0.1) is 12.0 Å². The number of hydrogen-bond donors (Lipinski definition) is 1. The van der Waals surface area contributed by atoms with E-state index >= 15 is 0 Å². The molecule has 1 unspecified atom stereocenters. The molecule has 0 spiro atoms. The standard InChI is InChI=1S/C17H19N3O2/c21-17(22)15-6-3-9-20(12-15)16(13-4-1-7-18-10-13)14-5-2-8-19-11-14/h1-2,4-5,7-8,10-11,15-16H,3,6,9,12H2,(H,21,22). The van der Waals surface area contributed by atoms with Gasteiger partial charge in [0, 0.05) is 31.3 Å². The Labute approximate surface area is 129 Å². The molecule has 3 rings (SSSR count). The molecule has 0 amide bonds. The number of hydrogen-bond acceptors (Lipinski definition) is 4. The molecule has 1 aliphatic rings. The summed E-state index contributed by atoms with van der Waals surface area (Å²) in [6.45, 7) is 1.45. The molecule has 2 aromatic heterocycles. The minimum Gasteiger partial charge on any atom is -0.481 e. The van der Waals surface area contributed by atoms with Gasteiger partial charge < -0.3 is 5.11 Å². The Morgan fingerprint density at radius 3 is 2.32 bits per heavy atom. The molecular formula is C17H19N3O2. The molecule has 0 aliphatic carbocycles. The lowest BCUT2D eigenvalue weighted by Gasteiger charge is -2.37. The number of likely N-dealkylation sites (tertiary alicyclic amines) is 1. The quantitative estimate of drug-likeness (QED) is 0.938. The fourth-order valence-corrected chi connectivity index (χ4v) is 3.13. The van der Waals surface area contributed by atoms with Crippen molar-refractivity contribution >= 4 is 5.97 Å². The zero-order chi connectivity index (χ0) is 15.4. The Morgan fingerprint density at radius 1 is 1.18 bits per heavy atom. The highest BCUT2D eigenvalue weighted by Gasteiger charge is 2.31. The molecule has 0 aromatic carbocycles. The molecule has 5 heteroatoms. The van der Waals surface area contributed by atoms with Crippen molar-refractivity contribution in [2.24, 2.45) is 5.92 Å². The highest BCUT2D eigenvalue weighted by Crippen LogP contribution is 2.31. The van der Waals surface area contributed by atoms with Gasteiger partial charge in [0.2, 0.25) is 0 Å². The second kappa shape index (κ2) is 6.66. The van der Waals surface area contributed by atoms with Crippen LogP contribution in [0.4, 0.5) is 0 Å². The van der Waals surface area contributed by atoms with Gasteiger partial charge in [-0.2, -0.15) is 0 Å². The SMILES string of the molecule is O=C(O)C1CCCN(C(c2cccnc2)c2cccnc2)C1. The molecule has 5 nitrogen and oxygen atoms in total. The van der Waals surface area contributed by atoms with Crippen molar-refractivity contribution < 1.29 is 9.90 Å². The number of pyridine rings is 2. The second-order valence-corrected chi connectivity index (χ2v) is 5.65. The Kier molecular flexibility index (Phi) is 4.44. The number of carbonyl (C=O) groups is 1. The van der Waals surface area contributed by atoms with E-state index in [1.54, 1.807) is 12.4 Å². The van der Waals surface area contributed by atoms with Gasteiger partial charge in [-0.25, -0.2) is 0 Å². The number of aromatic nitrogens is 2. The molecule has 0 bridgehead atoms. The molecule has 1 fully saturated rings. The average molecular weight is 297 g/mol. The summed E-state index contributed by atoms with van der Waals surface area (Å²) in [6, 6.07) is 7.91. The van der Waals surface area contributed by atoms with Gasteiger partial charge in [-0.1, -0.05) is 12.1 Å². The maximum absolute atomic E-state index is 11.3. The van der Waals surface area contributed by atoms with Gasteiger partial charge in [0.25, 0.3) is 0 Å². The summed E-state index contributed by atoms with van der Waals surface area (Å²) in [4.78, 5) is 22.0. The molecule has 3 heterocycles. The van der Waals surface area contributed by atoms with E-state index in [0.29, 0.717) is 6.54 Å². The normalized spacial score (nSPS) is 19.2. The Hall–Kier alpha value is -2.27. The van der Waals surface area contributed by atoms with E-state index in [2.05, 4.69) is 14.9 Å². The fourth-order valence-electron chi connectivity index (χ4n) is 3.13. The molecule has 1 N–H and O–H groups in total. The highest BCUT2D eigenvalue weighted by atomic mass is 16.4. The summed E-state index contributed by atoms with van der Waals surface area (Å²) in [6.07, 6.45) is 8.84. The lowest BCUT2D eigenvalue weighted by Crippen LogP contribution is -2.41. The zero-order valence-corrected chi connectivity index (χ0v) is 12.3. The van der Waals surface area contributed by atoms with Crippen LogP contribution >= 0.6 is 0 Å². The first-order chi connectivity index (χ1) is 10.8. The monoisotopic (exact) mass is 297 g/mol. The molecule has 1 atom stereocenters. The van der Waals surface area contributed by atoms with Crippen LogP contribution in [-0.2, 0) is 4.79 Å². The predicted octanol–water partition coefficient (Wildman–Crippen LogP) is 2.36. The number of rotatable bonds is 4. The van der Waals surface area contributed by atoms with Gasteiger partial charge >= 0.3 is 5.97 Å². The summed E-state index contributed by atoms with van der Waals surface area (Å²) in [7, 11) is 0. The number of carboxylic acid groups (broad SMARTS) is 1. The van der Waals surface area contributed by atoms with Gasteiger partial charge in [-0.3, -0.25) is 19.7 Å². The lowest BCUT2D eigenvalue weighted by atomic mass is 9.93. The molecule has 114 valence electrons. The van der Waals surface area contributed by atoms with E-state index in [1.807, 2.05) is 36.7 Å². The number of carboxylic acids is 1. The maximum Gasteiger partial charge on any atom is 0.307 e. The van der Waals surface area contributed by atoms with E-state index < -0.39 is 5.97 Å². The van der Waals surface area contributed by atoms with Crippen LogP contribution in [0.15, 0.2) is 49.1 Å². The van der Waals surface area contributed by atoms with Crippen LogP contribution in [0.25, 0.3) is 0 Å². The summed E-state index contributed by atoms with van der Waals surface area (Å²) in [5, 5.41) is 9.33. The third kappa shape index (κ3) is 3.14. The van der Waals surface area contributed by atoms with E-state index in [1.165, 1.54) is 0 Å². The zero-order valence-electron chi connectivity index (χ0n) is 12.3. The van der Waals surface area contributed by atoms with Crippen molar-refractivity contribution in [1.29, 1.82) is 0 Å². The molecule has 0 radical (unpaired) electrons. The topological polar surface area (TPSA) is 66.3 Å². The lowest BCUT2D eigenvalue weighted by molar-refractivity contribution is -0.143. The molecule has 0 saturated carbocycles. The smallest absolute Gasteiger partial charge is 0.307 e. The van der Waals surface area contributed by atoms with Crippen molar-refractivity contribution in [3.63, 3.8) is 0 Å². The van der Waals surface area contributed by atoms with Crippen molar-refractivity contribution in [1.82, 2.24) is 14.9 Å². The first kappa shape index (κ1) is 14.7.